The minimum atomic E-state index is -0.775. The van der Waals surface area contributed by atoms with Crippen molar-refractivity contribution in [2.75, 3.05) is 20.1 Å². The number of nitrogen functional groups attached to an aromatic ring is 1. The molecule has 3 amide bonds. The van der Waals surface area contributed by atoms with Gasteiger partial charge in [0, 0.05) is 25.6 Å². The van der Waals surface area contributed by atoms with Crippen LogP contribution in [0.25, 0.3) is 0 Å². The maximum absolute atomic E-state index is 13.3. The zero-order chi connectivity index (χ0) is 26.1. The Kier molecular flexibility index (Phi) is 10.3. The Labute approximate surface area is 214 Å². The molecular weight excluding hydrogens is 456 g/mol. The lowest BCUT2D eigenvalue weighted by Crippen LogP contribution is -2.56. The van der Waals surface area contributed by atoms with Gasteiger partial charge in [0.05, 0.1) is 6.04 Å². The van der Waals surface area contributed by atoms with Gasteiger partial charge in [-0.3, -0.25) is 19.8 Å². The molecule has 3 atom stereocenters. The fourth-order valence-corrected chi connectivity index (χ4v) is 4.58. The predicted molar refractivity (Wildman–Crippen MR) is 141 cm³/mol. The molecule has 1 aliphatic carbocycles. The van der Waals surface area contributed by atoms with Gasteiger partial charge >= 0.3 is 0 Å². The van der Waals surface area contributed by atoms with E-state index in [1.165, 1.54) is 4.90 Å². The lowest BCUT2D eigenvalue weighted by Gasteiger charge is -2.30. The predicted octanol–water partition coefficient (Wildman–Crippen LogP) is 1.68. The number of hydrogen-bond donors (Lipinski definition) is 5. The molecule has 198 valence electrons. The molecule has 1 saturated heterocycles. The Morgan fingerprint density at radius 1 is 0.972 bits per heavy atom. The van der Waals surface area contributed by atoms with Crippen molar-refractivity contribution in [2.24, 2.45) is 11.7 Å². The zero-order valence-electron chi connectivity index (χ0n) is 21.6. The Morgan fingerprint density at radius 2 is 1.58 bits per heavy atom. The molecule has 36 heavy (non-hydrogen) atoms. The molecule has 1 saturated carbocycles. The highest BCUT2D eigenvalue weighted by molar-refractivity contribution is 5.95. The van der Waals surface area contributed by atoms with Crippen LogP contribution in [0.1, 0.15) is 69.4 Å². The molecule has 0 spiro atoms. The zero-order valence-corrected chi connectivity index (χ0v) is 21.6. The van der Waals surface area contributed by atoms with Gasteiger partial charge in [-0.1, -0.05) is 49.9 Å². The van der Waals surface area contributed by atoms with E-state index in [1.54, 1.807) is 26.1 Å². The highest BCUT2D eigenvalue weighted by Crippen LogP contribution is 2.33. The van der Waals surface area contributed by atoms with Crippen LogP contribution in [0.15, 0.2) is 24.3 Å². The van der Waals surface area contributed by atoms with Crippen LogP contribution in [0.5, 0.6) is 0 Å². The minimum Gasteiger partial charge on any atom is -0.384 e. The molecule has 1 aliphatic heterocycles. The summed E-state index contributed by atoms with van der Waals surface area (Å²) in [4.78, 5) is 41.0. The molecule has 3 rings (SSSR count). The number of amidine groups is 1. The normalized spacial score (nSPS) is 25.9. The van der Waals surface area contributed by atoms with Crippen molar-refractivity contribution < 1.29 is 14.4 Å². The SMILES string of the molecule is C[C@@H]1C(=O)N[C@H](Cc2ccc(C(=N)N)cc2)C(=O)NCCCCCCCCN[C@@H](C2CC2)C(=O)N1C. The molecule has 0 aromatic heterocycles. The number of amides is 3. The minimum absolute atomic E-state index is 0.0238. The van der Waals surface area contributed by atoms with Crippen molar-refractivity contribution in [3.05, 3.63) is 35.4 Å². The van der Waals surface area contributed by atoms with Crippen LogP contribution in [0.4, 0.5) is 0 Å². The van der Waals surface area contributed by atoms with Crippen LogP contribution < -0.4 is 21.7 Å². The highest BCUT2D eigenvalue weighted by atomic mass is 16.2. The van der Waals surface area contributed by atoms with Gasteiger partial charge < -0.3 is 26.6 Å². The number of nitrogens with zero attached hydrogens (tertiary/aromatic N) is 1. The number of carbonyl (C=O) groups is 3. The van der Waals surface area contributed by atoms with E-state index in [0.717, 1.165) is 63.5 Å². The quantitative estimate of drug-likeness (QED) is 0.317. The summed E-state index contributed by atoms with van der Waals surface area (Å²) >= 11 is 0. The monoisotopic (exact) mass is 498 g/mol. The summed E-state index contributed by atoms with van der Waals surface area (Å²) in [6.45, 7) is 3.07. The first-order valence-corrected chi connectivity index (χ1v) is 13.3. The van der Waals surface area contributed by atoms with E-state index in [-0.39, 0.29) is 29.6 Å². The lowest BCUT2D eigenvalue weighted by molar-refractivity contribution is -0.141. The smallest absolute Gasteiger partial charge is 0.243 e. The second kappa shape index (κ2) is 13.4. The standard InChI is InChI=1S/C27H42N6O3/c1-18-25(34)32-22(17-19-9-11-21(12-10-19)24(28)29)26(35)31-16-8-6-4-3-5-7-15-30-23(20-13-14-20)27(36)33(18)2/h9-12,18,20,22-23,30H,3-8,13-17H2,1-2H3,(H3,28,29)(H,31,35)(H,32,34)/t18-,22-,23+/m1/s1. The van der Waals surface area contributed by atoms with E-state index >= 15 is 0 Å². The summed E-state index contributed by atoms with van der Waals surface area (Å²) in [5.74, 6) is -0.357. The average molecular weight is 499 g/mol. The molecule has 1 aromatic carbocycles. The van der Waals surface area contributed by atoms with E-state index in [0.29, 0.717) is 24.4 Å². The summed E-state index contributed by atoms with van der Waals surface area (Å²) in [5.41, 5.74) is 6.99. The Bertz CT molecular complexity index is 915. The van der Waals surface area contributed by atoms with Gasteiger partial charge in [0.15, 0.2) is 0 Å². The highest BCUT2D eigenvalue weighted by Gasteiger charge is 2.39. The van der Waals surface area contributed by atoms with Crippen LogP contribution >= 0.6 is 0 Å². The summed E-state index contributed by atoms with van der Waals surface area (Å²) < 4.78 is 0. The van der Waals surface area contributed by atoms with E-state index in [1.807, 2.05) is 12.1 Å². The fourth-order valence-electron chi connectivity index (χ4n) is 4.58. The van der Waals surface area contributed by atoms with Gasteiger partial charge in [-0.25, -0.2) is 0 Å². The third-order valence-electron chi connectivity index (χ3n) is 7.27. The lowest BCUT2D eigenvalue weighted by atomic mass is 10.0. The number of nitrogens with one attached hydrogen (secondary N) is 4. The molecule has 9 nitrogen and oxygen atoms in total. The van der Waals surface area contributed by atoms with Crippen LogP contribution in [0.3, 0.4) is 0 Å². The summed E-state index contributed by atoms with van der Waals surface area (Å²) in [6, 6.07) is 5.34. The molecule has 2 aliphatic rings. The first-order valence-electron chi connectivity index (χ1n) is 13.3. The Hall–Kier alpha value is -2.94. The first-order chi connectivity index (χ1) is 17.3. The van der Waals surface area contributed by atoms with Crippen molar-refractivity contribution in [1.29, 1.82) is 5.41 Å². The van der Waals surface area contributed by atoms with Crippen LogP contribution in [0.2, 0.25) is 0 Å². The second-order valence-corrected chi connectivity index (χ2v) is 10.2. The Morgan fingerprint density at radius 3 is 2.19 bits per heavy atom. The van der Waals surface area contributed by atoms with Crippen molar-refractivity contribution >= 4 is 23.6 Å². The van der Waals surface area contributed by atoms with Crippen molar-refractivity contribution in [3.63, 3.8) is 0 Å². The van der Waals surface area contributed by atoms with Crippen LogP contribution in [0, 0.1) is 11.3 Å². The molecular formula is C27H42N6O3. The van der Waals surface area contributed by atoms with E-state index in [9.17, 15) is 14.4 Å². The number of hydrogen-bond acceptors (Lipinski definition) is 5. The molecule has 6 N–H and O–H groups in total. The molecule has 9 heteroatoms. The number of likely N-dealkylation sites (N-methyl/N-ethyl adjacent to an activating group) is 1. The van der Waals surface area contributed by atoms with E-state index in [4.69, 9.17) is 11.1 Å². The van der Waals surface area contributed by atoms with Gasteiger partial charge in [0.25, 0.3) is 0 Å². The number of carbonyl (C=O) groups excluding carboxylic acids is 3. The third-order valence-corrected chi connectivity index (χ3v) is 7.27. The van der Waals surface area contributed by atoms with Gasteiger partial charge in [0.2, 0.25) is 17.7 Å². The van der Waals surface area contributed by atoms with E-state index < -0.39 is 12.1 Å². The van der Waals surface area contributed by atoms with Crippen LogP contribution in [-0.2, 0) is 20.8 Å². The van der Waals surface area contributed by atoms with Crippen molar-refractivity contribution in [1.82, 2.24) is 20.9 Å². The van der Waals surface area contributed by atoms with Gasteiger partial charge in [0.1, 0.15) is 17.9 Å². The fraction of sp³-hybridized carbons (Fsp3) is 0.630. The third kappa shape index (κ3) is 8.05. The number of benzene rings is 1. The maximum Gasteiger partial charge on any atom is 0.243 e. The van der Waals surface area contributed by atoms with Gasteiger partial charge in [-0.15, -0.1) is 0 Å². The average Bonchev–Trinajstić information content (AvgIpc) is 3.70. The molecule has 1 aromatic rings. The first kappa shape index (κ1) is 27.6. The topological polar surface area (TPSA) is 140 Å². The largest absolute Gasteiger partial charge is 0.384 e. The van der Waals surface area contributed by atoms with E-state index in [2.05, 4.69) is 16.0 Å². The van der Waals surface area contributed by atoms with Gasteiger partial charge in [-0.2, -0.15) is 0 Å². The number of nitrogens with two attached hydrogens (primary N) is 1. The number of rotatable bonds is 4. The van der Waals surface area contributed by atoms with Crippen molar-refractivity contribution in [3.8, 4) is 0 Å². The molecule has 0 bridgehead atoms. The van der Waals surface area contributed by atoms with Crippen molar-refractivity contribution in [2.45, 2.75) is 82.8 Å². The second-order valence-electron chi connectivity index (χ2n) is 10.2. The molecule has 0 unspecified atom stereocenters. The molecule has 2 fully saturated rings. The Balaban J connectivity index is 1.74. The molecule has 1 heterocycles. The van der Waals surface area contributed by atoms with Crippen LogP contribution in [-0.4, -0.2) is 66.7 Å². The summed E-state index contributed by atoms with van der Waals surface area (Å²) in [5, 5.41) is 16.9. The molecule has 0 radical (unpaired) electrons. The maximum atomic E-state index is 13.3. The summed E-state index contributed by atoms with van der Waals surface area (Å²) in [7, 11) is 1.66. The van der Waals surface area contributed by atoms with Gasteiger partial charge in [-0.05, 0) is 50.6 Å². The summed E-state index contributed by atoms with van der Waals surface area (Å²) in [6.07, 6.45) is 8.70.